The molecule has 25 heavy (non-hydrogen) atoms. The van der Waals surface area contributed by atoms with Gasteiger partial charge in [-0.05, 0) is 43.7 Å². The van der Waals surface area contributed by atoms with E-state index in [1.807, 2.05) is 31.2 Å². The number of anilines is 2. The van der Waals surface area contributed by atoms with Gasteiger partial charge in [-0.25, -0.2) is 12.7 Å². The molecule has 2 aromatic carbocycles. The molecule has 0 atom stereocenters. The maximum Gasteiger partial charge on any atom is 0.243 e. The molecule has 0 bridgehead atoms. The fourth-order valence-electron chi connectivity index (χ4n) is 2.21. The van der Waals surface area contributed by atoms with Gasteiger partial charge in [0.05, 0.1) is 11.4 Å². The molecule has 0 aliphatic carbocycles. The van der Waals surface area contributed by atoms with Gasteiger partial charge in [0.15, 0.2) is 0 Å². The van der Waals surface area contributed by atoms with E-state index in [1.165, 1.54) is 18.4 Å². The molecule has 0 unspecified atom stereocenters. The predicted octanol–water partition coefficient (Wildman–Crippen LogP) is 2.60. The van der Waals surface area contributed by atoms with E-state index < -0.39 is 10.0 Å². The van der Waals surface area contributed by atoms with E-state index >= 15 is 0 Å². The molecule has 0 aromatic heterocycles. The number of sulfonamides is 1. The number of amides is 1. The monoisotopic (exact) mass is 361 g/mol. The Morgan fingerprint density at radius 3 is 2.20 bits per heavy atom. The summed E-state index contributed by atoms with van der Waals surface area (Å²) in [5, 5.41) is 5.75. The molecule has 0 saturated carbocycles. The molecule has 0 radical (unpaired) electrons. The molecule has 2 rings (SSSR count). The maximum atomic E-state index is 12.3. The molecule has 0 saturated heterocycles. The summed E-state index contributed by atoms with van der Waals surface area (Å²) in [5.74, 6) is -0.207. The molecule has 1 amide bonds. The van der Waals surface area contributed by atoms with Crippen LogP contribution in [0.4, 0.5) is 11.4 Å². The van der Waals surface area contributed by atoms with Gasteiger partial charge in [0.2, 0.25) is 15.9 Å². The third-order valence-corrected chi connectivity index (χ3v) is 5.69. The highest BCUT2D eigenvalue weighted by Crippen LogP contribution is 2.22. The summed E-state index contributed by atoms with van der Waals surface area (Å²) in [6.07, 6.45) is 0. The zero-order valence-electron chi connectivity index (χ0n) is 14.8. The maximum absolute atomic E-state index is 12.3. The van der Waals surface area contributed by atoms with Gasteiger partial charge < -0.3 is 10.6 Å². The molecule has 7 heteroatoms. The van der Waals surface area contributed by atoms with Crippen LogP contribution in [0.25, 0.3) is 0 Å². The second kappa shape index (κ2) is 7.67. The summed E-state index contributed by atoms with van der Waals surface area (Å²) in [7, 11) is -0.549. The fraction of sp³-hybridized carbons (Fsp3) is 0.278. The Labute approximate surface area is 148 Å². The first-order valence-corrected chi connectivity index (χ1v) is 9.28. The molecule has 0 spiro atoms. The van der Waals surface area contributed by atoms with Crippen molar-refractivity contribution in [3.05, 3.63) is 53.6 Å². The fourth-order valence-corrected chi connectivity index (χ4v) is 3.35. The SMILES string of the molecule is Cc1ccc(NC(=O)CNc2ccc(C)c(S(=O)(=O)N(C)C)c2)cc1. The van der Waals surface area contributed by atoms with E-state index in [-0.39, 0.29) is 17.3 Å². The second-order valence-electron chi connectivity index (χ2n) is 6.04. The lowest BCUT2D eigenvalue weighted by atomic mass is 10.2. The van der Waals surface area contributed by atoms with Crippen LogP contribution < -0.4 is 10.6 Å². The van der Waals surface area contributed by atoms with Crippen molar-refractivity contribution in [1.82, 2.24) is 4.31 Å². The number of hydrogen-bond acceptors (Lipinski definition) is 4. The molecule has 0 aliphatic heterocycles. The first-order valence-electron chi connectivity index (χ1n) is 7.84. The smallest absolute Gasteiger partial charge is 0.243 e. The van der Waals surface area contributed by atoms with Crippen molar-refractivity contribution < 1.29 is 13.2 Å². The van der Waals surface area contributed by atoms with Crippen LogP contribution >= 0.6 is 0 Å². The Morgan fingerprint density at radius 1 is 1.00 bits per heavy atom. The highest BCUT2D eigenvalue weighted by Gasteiger charge is 2.20. The van der Waals surface area contributed by atoms with Crippen molar-refractivity contribution in [3.8, 4) is 0 Å². The average molecular weight is 361 g/mol. The first-order chi connectivity index (χ1) is 11.7. The van der Waals surface area contributed by atoms with E-state index in [0.717, 1.165) is 11.3 Å². The number of hydrogen-bond donors (Lipinski definition) is 2. The van der Waals surface area contributed by atoms with E-state index in [9.17, 15) is 13.2 Å². The van der Waals surface area contributed by atoms with Crippen molar-refractivity contribution in [2.24, 2.45) is 0 Å². The summed E-state index contributed by atoms with van der Waals surface area (Å²) in [4.78, 5) is 12.3. The Balaban J connectivity index is 2.06. The van der Waals surface area contributed by atoms with Gasteiger partial charge in [-0.15, -0.1) is 0 Å². The van der Waals surface area contributed by atoms with Crippen LogP contribution in [0.5, 0.6) is 0 Å². The van der Waals surface area contributed by atoms with Gasteiger partial charge in [-0.3, -0.25) is 4.79 Å². The zero-order valence-corrected chi connectivity index (χ0v) is 15.6. The first kappa shape index (κ1) is 19.0. The number of rotatable bonds is 6. The zero-order chi connectivity index (χ0) is 18.6. The van der Waals surface area contributed by atoms with Gasteiger partial charge in [0, 0.05) is 25.5 Å². The molecule has 6 nitrogen and oxygen atoms in total. The molecule has 134 valence electrons. The van der Waals surface area contributed by atoms with E-state index in [0.29, 0.717) is 11.3 Å². The number of carbonyl (C=O) groups excluding carboxylic acids is 1. The molecular weight excluding hydrogens is 338 g/mol. The van der Waals surface area contributed by atoms with Gasteiger partial charge in [-0.2, -0.15) is 0 Å². The Morgan fingerprint density at radius 2 is 1.60 bits per heavy atom. The Hall–Kier alpha value is -2.38. The third kappa shape index (κ3) is 4.80. The molecule has 0 aliphatic rings. The second-order valence-corrected chi connectivity index (χ2v) is 8.16. The standard InChI is InChI=1S/C18H23N3O3S/c1-13-5-8-15(9-6-13)20-18(22)12-19-16-10-7-14(2)17(11-16)25(23,24)21(3)4/h5-11,19H,12H2,1-4H3,(H,20,22). The number of nitrogens with one attached hydrogen (secondary N) is 2. The summed E-state index contributed by atoms with van der Waals surface area (Å²) >= 11 is 0. The Kier molecular flexibility index (Phi) is 5.81. The molecule has 2 N–H and O–H groups in total. The van der Waals surface area contributed by atoms with Crippen LogP contribution in [0.1, 0.15) is 11.1 Å². The molecule has 0 fully saturated rings. The van der Waals surface area contributed by atoms with Crippen LogP contribution in [-0.4, -0.2) is 39.3 Å². The minimum Gasteiger partial charge on any atom is -0.376 e. The van der Waals surface area contributed by atoms with Crippen molar-refractivity contribution >= 4 is 27.3 Å². The third-order valence-electron chi connectivity index (χ3n) is 3.74. The normalized spacial score (nSPS) is 11.4. The van der Waals surface area contributed by atoms with Gasteiger partial charge in [0.1, 0.15) is 0 Å². The summed E-state index contributed by atoms with van der Waals surface area (Å²) in [6.45, 7) is 3.76. The molecule has 2 aromatic rings. The summed E-state index contributed by atoms with van der Waals surface area (Å²) < 4.78 is 25.8. The van der Waals surface area contributed by atoms with E-state index in [2.05, 4.69) is 10.6 Å². The minimum atomic E-state index is -3.53. The topological polar surface area (TPSA) is 78.5 Å². The summed E-state index contributed by atoms with van der Waals surface area (Å²) in [5.41, 5.74) is 3.07. The van der Waals surface area contributed by atoms with Crippen LogP contribution in [0.3, 0.4) is 0 Å². The highest BCUT2D eigenvalue weighted by molar-refractivity contribution is 7.89. The molecular formula is C18H23N3O3S. The van der Waals surface area contributed by atoms with Gasteiger partial charge in [0.25, 0.3) is 0 Å². The number of carbonyl (C=O) groups is 1. The Bertz CT molecular complexity index is 860. The van der Waals surface area contributed by atoms with Crippen molar-refractivity contribution in [1.29, 1.82) is 0 Å². The number of nitrogens with zero attached hydrogens (tertiary/aromatic N) is 1. The van der Waals surface area contributed by atoms with Crippen LogP contribution in [0.2, 0.25) is 0 Å². The summed E-state index contributed by atoms with van der Waals surface area (Å²) in [6, 6.07) is 12.5. The van der Waals surface area contributed by atoms with Gasteiger partial charge in [-0.1, -0.05) is 23.8 Å². The van der Waals surface area contributed by atoms with Crippen molar-refractivity contribution in [3.63, 3.8) is 0 Å². The lowest BCUT2D eigenvalue weighted by Crippen LogP contribution is -2.24. The van der Waals surface area contributed by atoms with Crippen molar-refractivity contribution in [2.45, 2.75) is 18.7 Å². The quantitative estimate of drug-likeness (QED) is 0.829. The largest absolute Gasteiger partial charge is 0.376 e. The average Bonchev–Trinajstić information content (AvgIpc) is 2.56. The predicted molar refractivity (Wildman–Crippen MR) is 100 cm³/mol. The van der Waals surface area contributed by atoms with Gasteiger partial charge >= 0.3 is 0 Å². The minimum absolute atomic E-state index is 0.0401. The molecule has 0 heterocycles. The van der Waals surface area contributed by atoms with Crippen molar-refractivity contribution in [2.75, 3.05) is 31.3 Å². The number of aryl methyl sites for hydroxylation is 2. The lowest BCUT2D eigenvalue weighted by Gasteiger charge is -2.15. The van der Waals surface area contributed by atoms with E-state index in [4.69, 9.17) is 0 Å². The van der Waals surface area contributed by atoms with Crippen LogP contribution in [0.15, 0.2) is 47.4 Å². The van der Waals surface area contributed by atoms with Crippen LogP contribution in [-0.2, 0) is 14.8 Å². The number of benzene rings is 2. The highest BCUT2D eigenvalue weighted by atomic mass is 32.2. The lowest BCUT2D eigenvalue weighted by molar-refractivity contribution is -0.114. The van der Waals surface area contributed by atoms with Crippen LogP contribution in [0, 0.1) is 13.8 Å². The van der Waals surface area contributed by atoms with E-state index in [1.54, 1.807) is 25.1 Å².